The zero-order valence-electron chi connectivity index (χ0n) is 12.8. The second-order valence-electron chi connectivity index (χ2n) is 5.81. The Bertz CT molecular complexity index is 608. The highest BCUT2D eigenvalue weighted by Crippen LogP contribution is 2.34. The van der Waals surface area contributed by atoms with Gasteiger partial charge in [-0.25, -0.2) is 0 Å². The Kier molecular flexibility index (Phi) is 4.26. The lowest BCUT2D eigenvalue weighted by Crippen LogP contribution is -2.29. The molecule has 0 saturated carbocycles. The van der Waals surface area contributed by atoms with Crippen molar-refractivity contribution in [1.82, 2.24) is 5.32 Å². The van der Waals surface area contributed by atoms with Crippen LogP contribution in [-0.2, 0) is 12.8 Å². The molecule has 0 fully saturated rings. The first-order valence-corrected chi connectivity index (χ1v) is 7.70. The third-order valence-electron chi connectivity index (χ3n) is 4.62. The van der Waals surface area contributed by atoms with E-state index in [0.29, 0.717) is 12.0 Å². The molecule has 3 rings (SSSR count). The number of methoxy groups -OCH3 is 1. The summed E-state index contributed by atoms with van der Waals surface area (Å²) in [6, 6.07) is 17.7. The highest BCUT2D eigenvalue weighted by Gasteiger charge is 2.26. The minimum atomic E-state index is 0.383. The van der Waals surface area contributed by atoms with Gasteiger partial charge in [0.25, 0.3) is 0 Å². The molecule has 0 radical (unpaired) electrons. The lowest BCUT2D eigenvalue weighted by molar-refractivity contribution is 0.340. The van der Waals surface area contributed by atoms with E-state index < -0.39 is 0 Å². The van der Waals surface area contributed by atoms with E-state index >= 15 is 0 Å². The summed E-state index contributed by atoms with van der Waals surface area (Å²) >= 11 is 0. The van der Waals surface area contributed by atoms with Gasteiger partial charge in [0.05, 0.1) is 7.11 Å². The summed E-state index contributed by atoms with van der Waals surface area (Å²) < 4.78 is 5.37. The van der Waals surface area contributed by atoms with E-state index in [1.165, 1.54) is 29.5 Å². The van der Waals surface area contributed by atoms with Crippen LogP contribution in [0.1, 0.15) is 29.2 Å². The predicted molar refractivity (Wildman–Crippen MR) is 86.8 cm³/mol. The normalized spacial score (nSPS) is 18.9. The van der Waals surface area contributed by atoms with Gasteiger partial charge >= 0.3 is 0 Å². The quantitative estimate of drug-likeness (QED) is 0.921. The second kappa shape index (κ2) is 6.31. The van der Waals surface area contributed by atoms with Crippen molar-refractivity contribution in [3.8, 4) is 5.75 Å². The molecule has 2 aromatic carbocycles. The maximum Gasteiger partial charge on any atom is 0.119 e. The summed E-state index contributed by atoms with van der Waals surface area (Å²) in [6.45, 7) is 0. The summed E-state index contributed by atoms with van der Waals surface area (Å²) in [4.78, 5) is 0. The van der Waals surface area contributed by atoms with Crippen LogP contribution in [0.4, 0.5) is 0 Å². The van der Waals surface area contributed by atoms with Crippen molar-refractivity contribution in [1.29, 1.82) is 0 Å². The maximum atomic E-state index is 5.37. The summed E-state index contributed by atoms with van der Waals surface area (Å²) in [5.41, 5.74) is 4.35. The third-order valence-corrected chi connectivity index (χ3v) is 4.62. The fourth-order valence-electron chi connectivity index (χ4n) is 3.52. The lowest BCUT2D eigenvalue weighted by atomic mass is 9.78. The monoisotopic (exact) mass is 281 g/mol. The molecule has 0 heterocycles. The first-order valence-electron chi connectivity index (χ1n) is 7.70. The molecule has 0 saturated heterocycles. The highest BCUT2D eigenvalue weighted by atomic mass is 16.5. The van der Waals surface area contributed by atoms with Crippen molar-refractivity contribution in [2.24, 2.45) is 5.92 Å². The molecule has 0 aliphatic heterocycles. The first-order chi connectivity index (χ1) is 10.3. The van der Waals surface area contributed by atoms with E-state index in [-0.39, 0.29) is 0 Å². The van der Waals surface area contributed by atoms with Crippen LogP contribution in [0.5, 0.6) is 5.75 Å². The molecule has 1 N–H and O–H groups in total. The molecule has 0 aromatic heterocycles. The van der Waals surface area contributed by atoms with Gasteiger partial charge in [0.1, 0.15) is 5.75 Å². The van der Waals surface area contributed by atoms with Crippen LogP contribution in [0.3, 0.4) is 0 Å². The Morgan fingerprint density at radius 3 is 2.67 bits per heavy atom. The van der Waals surface area contributed by atoms with Gasteiger partial charge in [0.2, 0.25) is 0 Å². The van der Waals surface area contributed by atoms with E-state index in [1.807, 2.05) is 6.07 Å². The van der Waals surface area contributed by atoms with E-state index in [2.05, 4.69) is 54.8 Å². The molecule has 2 heteroatoms. The lowest BCUT2D eigenvalue weighted by Gasteiger charge is -2.32. The number of fused-ring (bicyclic) bond motifs is 1. The van der Waals surface area contributed by atoms with Gasteiger partial charge in [-0.05, 0) is 61.1 Å². The smallest absolute Gasteiger partial charge is 0.119 e. The first kappa shape index (κ1) is 14.2. The third kappa shape index (κ3) is 2.96. The van der Waals surface area contributed by atoms with E-state index in [1.54, 1.807) is 7.11 Å². The standard InChI is InChI=1S/C19H23NO/c1-20-19(16-8-5-9-18(13-16)21-2)17-11-10-14-6-3-4-7-15(14)12-17/h3-9,13,17,19-20H,10-12H2,1-2H3. The van der Waals surface area contributed by atoms with Gasteiger partial charge in [-0.1, -0.05) is 36.4 Å². The molecule has 2 atom stereocenters. The SMILES string of the molecule is CNC(c1cccc(OC)c1)C1CCc2ccccc2C1. The van der Waals surface area contributed by atoms with Crippen molar-refractivity contribution in [2.45, 2.75) is 25.3 Å². The fourth-order valence-corrected chi connectivity index (χ4v) is 3.52. The number of aryl methyl sites for hydroxylation is 1. The summed E-state index contributed by atoms with van der Waals surface area (Å²) in [5.74, 6) is 1.57. The topological polar surface area (TPSA) is 21.3 Å². The van der Waals surface area contributed by atoms with Crippen LogP contribution in [-0.4, -0.2) is 14.2 Å². The summed E-state index contributed by atoms with van der Waals surface area (Å²) in [6.07, 6.45) is 3.57. The average molecular weight is 281 g/mol. The number of hydrogen-bond donors (Lipinski definition) is 1. The van der Waals surface area contributed by atoms with Crippen LogP contribution in [0.25, 0.3) is 0 Å². The molecule has 0 bridgehead atoms. The Hall–Kier alpha value is -1.80. The zero-order valence-corrected chi connectivity index (χ0v) is 12.8. The summed E-state index contributed by atoms with van der Waals surface area (Å²) in [7, 11) is 3.79. The molecular weight excluding hydrogens is 258 g/mol. The zero-order chi connectivity index (χ0) is 14.7. The largest absolute Gasteiger partial charge is 0.497 e. The highest BCUT2D eigenvalue weighted by molar-refractivity contribution is 5.34. The molecule has 2 unspecified atom stereocenters. The predicted octanol–water partition coefficient (Wildman–Crippen LogP) is 3.76. The fraction of sp³-hybridized carbons (Fsp3) is 0.368. The van der Waals surface area contributed by atoms with Crippen molar-refractivity contribution >= 4 is 0 Å². The molecule has 1 aliphatic carbocycles. The molecule has 110 valence electrons. The van der Waals surface area contributed by atoms with Crippen LogP contribution < -0.4 is 10.1 Å². The number of rotatable bonds is 4. The van der Waals surface area contributed by atoms with Crippen molar-refractivity contribution < 1.29 is 4.74 Å². The van der Waals surface area contributed by atoms with Gasteiger partial charge in [0, 0.05) is 6.04 Å². The Morgan fingerprint density at radius 2 is 1.90 bits per heavy atom. The van der Waals surface area contributed by atoms with Crippen molar-refractivity contribution in [3.63, 3.8) is 0 Å². The number of hydrogen-bond acceptors (Lipinski definition) is 2. The Labute approximate surface area is 127 Å². The van der Waals surface area contributed by atoms with Crippen LogP contribution in [0, 0.1) is 5.92 Å². The number of ether oxygens (including phenoxy) is 1. The van der Waals surface area contributed by atoms with Gasteiger partial charge in [-0.15, -0.1) is 0 Å². The molecule has 0 spiro atoms. The molecule has 21 heavy (non-hydrogen) atoms. The van der Waals surface area contributed by atoms with Crippen molar-refractivity contribution in [3.05, 3.63) is 65.2 Å². The molecular formula is C19H23NO. The Balaban J connectivity index is 1.84. The Morgan fingerprint density at radius 1 is 1.10 bits per heavy atom. The minimum absolute atomic E-state index is 0.383. The molecule has 2 nitrogen and oxygen atoms in total. The van der Waals surface area contributed by atoms with Crippen LogP contribution in [0.15, 0.2) is 48.5 Å². The van der Waals surface area contributed by atoms with Gasteiger partial charge in [-0.2, -0.15) is 0 Å². The van der Waals surface area contributed by atoms with Gasteiger partial charge in [0.15, 0.2) is 0 Å². The number of benzene rings is 2. The van der Waals surface area contributed by atoms with Crippen LogP contribution in [0.2, 0.25) is 0 Å². The number of nitrogens with one attached hydrogen (secondary N) is 1. The van der Waals surface area contributed by atoms with E-state index in [9.17, 15) is 0 Å². The minimum Gasteiger partial charge on any atom is -0.497 e. The second-order valence-corrected chi connectivity index (χ2v) is 5.81. The van der Waals surface area contributed by atoms with E-state index in [4.69, 9.17) is 4.74 Å². The van der Waals surface area contributed by atoms with E-state index in [0.717, 1.165) is 12.2 Å². The average Bonchev–Trinajstić information content (AvgIpc) is 2.56. The van der Waals surface area contributed by atoms with Gasteiger partial charge < -0.3 is 10.1 Å². The molecule has 0 amide bonds. The molecule has 1 aliphatic rings. The van der Waals surface area contributed by atoms with Gasteiger partial charge in [-0.3, -0.25) is 0 Å². The summed E-state index contributed by atoms with van der Waals surface area (Å²) in [5, 5.41) is 3.51. The maximum absolute atomic E-state index is 5.37. The molecule has 2 aromatic rings. The van der Waals surface area contributed by atoms with Crippen molar-refractivity contribution in [2.75, 3.05) is 14.2 Å². The van der Waals surface area contributed by atoms with Crippen LogP contribution >= 0.6 is 0 Å².